The lowest BCUT2D eigenvalue weighted by molar-refractivity contribution is -0.146. The standard InChI is InChI=1S/C11H21NO3/c1-9(2)6-5-7-12(3)10(13)8-11(14)15-4/h9H,5-8H2,1-4H3. The maximum absolute atomic E-state index is 11.4. The average molecular weight is 215 g/mol. The van der Waals surface area contributed by atoms with E-state index in [4.69, 9.17) is 0 Å². The number of rotatable bonds is 6. The molecule has 0 saturated carbocycles. The van der Waals surface area contributed by atoms with Gasteiger partial charge < -0.3 is 9.64 Å². The molecular weight excluding hydrogens is 194 g/mol. The molecule has 4 heteroatoms. The number of carbonyl (C=O) groups excluding carboxylic acids is 2. The van der Waals surface area contributed by atoms with Gasteiger partial charge in [0, 0.05) is 13.6 Å². The summed E-state index contributed by atoms with van der Waals surface area (Å²) in [5.41, 5.74) is 0. The van der Waals surface area contributed by atoms with Crippen molar-refractivity contribution < 1.29 is 14.3 Å². The van der Waals surface area contributed by atoms with Crippen molar-refractivity contribution in [3.63, 3.8) is 0 Å². The van der Waals surface area contributed by atoms with Crippen molar-refractivity contribution in [3.05, 3.63) is 0 Å². The molecule has 0 rings (SSSR count). The fraction of sp³-hybridized carbons (Fsp3) is 0.818. The van der Waals surface area contributed by atoms with E-state index in [0.29, 0.717) is 12.5 Å². The van der Waals surface area contributed by atoms with Crippen LogP contribution in [-0.4, -0.2) is 37.5 Å². The van der Waals surface area contributed by atoms with Gasteiger partial charge >= 0.3 is 5.97 Å². The van der Waals surface area contributed by atoms with E-state index < -0.39 is 5.97 Å². The van der Waals surface area contributed by atoms with E-state index in [9.17, 15) is 9.59 Å². The van der Waals surface area contributed by atoms with Gasteiger partial charge in [0.25, 0.3) is 0 Å². The molecule has 0 heterocycles. The molecule has 0 fully saturated rings. The zero-order valence-electron chi connectivity index (χ0n) is 10.1. The third-order valence-corrected chi connectivity index (χ3v) is 2.22. The number of carbonyl (C=O) groups is 2. The Labute approximate surface area is 91.6 Å². The van der Waals surface area contributed by atoms with Crippen LogP contribution in [0.15, 0.2) is 0 Å². The highest BCUT2D eigenvalue weighted by molar-refractivity contribution is 5.94. The first-order valence-electron chi connectivity index (χ1n) is 5.28. The summed E-state index contributed by atoms with van der Waals surface area (Å²) in [6.45, 7) is 5.00. The molecule has 0 aromatic rings. The van der Waals surface area contributed by atoms with Gasteiger partial charge in [-0.15, -0.1) is 0 Å². The van der Waals surface area contributed by atoms with Gasteiger partial charge in [-0.05, 0) is 18.8 Å². The lowest BCUT2D eigenvalue weighted by Gasteiger charge is -2.16. The van der Waals surface area contributed by atoms with Gasteiger partial charge in [0.1, 0.15) is 6.42 Å². The van der Waals surface area contributed by atoms with Crippen molar-refractivity contribution in [1.29, 1.82) is 0 Å². The Morgan fingerprint density at radius 3 is 2.40 bits per heavy atom. The lowest BCUT2D eigenvalue weighted by atomic mass is 10.1. The van der Waals surface area contributed by atoms with Crippen molar-refractivity contribution in [3.8, 4) is 0 Å². The molecule has 0 aliphatic carbocycles. The number of amides is 1. The minimum absolute atomic E-state index is 0.158. The van der Waals surface area contributed by atoms with E-state index in [-0.39, 0.29) is 12.3 Å². The van der Waals surface area contributed by atoms with E-state index in [1.54, 1.807) is 11.9 Å². The topological polar surface area (TPSA) is 46.6 Å². The van der Waals surface area contributed by atoms with Crippen LogP contribution in [-0.2, 0) is 14.3 Å². The third-order valence-electron chi connectivity index (χ3n) is 2.22. The lowest BCUT2D eigenvalue weighted by Crippen LogP contribution is -2.29. The molecule has 0 aromatic carbocycles. The molecule has 4 nitrogen and oxygen atoms in total. The maximum Gasteiger partial charge on any atom is 0.315 e. The highest BCUT2D eigenvalue weighted by atomic mass is 16.5. The molecule has 0 bridgehead atoms. The first-order valence-corrected chi connectivity index (χ1v) is 5.28. The molecule has 88 valence electrons. The Morgan fingerprint density at radius 2 is 1.93 bits per heavy atom. The normalized spacial score (nSPS) is 10.2. The molecule has 0 N–H and O–H groups in total. The van der Waals surface area contributed by atoms with Crippen LogP contribution in [0.5, 0.6) is 0 Å². The van der Waals surface area contributed by atoms with Crippen molar-refractivity contribution in [2.75, 3.05) is 20.7 Å². The molecule has 0 unspecified atom stereocenters. The second-order valence-corrected chi connectivity index (χ2v) is 4.10. The van der Waals surface area contributed by atoms with Crippen molar-refractivity contribution in [2.45, 2.75) is 33.1 Å². The number of methoxy groups -OCH3 is 1. The molecule has 0 aliphatic rings. The second kappa shape index (κ2) is 7.26. The zero-order valence-corrected chi connectivity index (χ0v) is 10.1. The van der Waals surface area contributed by atoms with E-state index in [1.165, 1.54) is 7.11 Å². The highest BCUT2D eigenvalue weighted by Gasteiger charge is 2.13. The molecule has 0 saturated heterocycles. The van der Waals surface area contributed by atoms with Gasteiger partial charge in [-0.25, -0.2) is 0 Å². The monoisotopic (exact) mass is 215 g/mol. The van der Waals surface area contributed by atoms with Crippen LogP contribution in [0.4, 0.5) is 0 Å². The van der Waals surface area contributed by atoms with E-state index >= 15 is 0 Å². The zero-order chi connectivity index (χ0) is 11.8. The van der Waals surface area contributed by atoms with Crippen LogP contribution in [0, 0.1) is 5.92 Å². The predicted octanol–water partition coefficient (Wildman–Crippen LogP) is 1.44. The first-order chi connectivity index (χ1) is 6.97. The SMILES string of the molecule is COC(=O)CC(=O)N(C)CCCC(C)C. The van der Waals surface area contributed by atoms with Crippen LogP contribution in [0.3, 0.4) is 0 Å². The molecule has 1 amide bonds. The van der Waals surface area contributed by atoms with Crippen molar-refractivity contribution in [2.24, 2.45) is 5.92 Å². The second-order valence-electron chi connectivity index (χ2n) is 4.10. The Bertz CT molecular complexity index is 214. The molecule has 0 aliphatic heterocycles. The Morgan fingerprint density at radius 1 is 1.33 bits per heavy atom. The molecule has 15 heavy (non-hydrogen) atoms. The van der Waals surface area contributed by atoms with Crippen LogP contribution in [0.2, 0.25) is 0 Å². The molecule has 0 aromatic heterocycles. The number of esters is 1. The van der Waals surface area contributed by atoms with Gasteiger partial charge in [0.2, 0.25) is 5.91 Å². The number of hydrogen-bond donors (Lipinski definition) is 0. The fourth-order valence-corrected chi connectivity index (χ4v) is 1.19. The Hall–Kier alpha value is -1.06. The van der Waals surface area contributed by atoms with E-state index in [0.717, 1.165) is 12.8 Å². The minimum atomic E-state index is -0.476. The summed E-state index contributed by atoms with van der Waals surface area (Å²) in [5, 5.41) is 0. The van der Waals surface area contributed by atoms with Gasteiger partial charge in [-0.3, -0.25) is 9.59 Å². The van der Waals surface area contributed by atoms with Crippen molar-refractivity contribution in [1.82, 2.24) is 4.90 Å². The summed E-state index contributed by atoms with van der Waals surface area (Å²) in [6.07, 6.45) is 1.91. The minimum Gasteiger partial charge on any atom is -0.469 e. The van der Waals surface area contributed by atoms with Gasteiger partial charge in [-0.2, -0.15) is 0 Å². The van der Waals surface area contributed by atoms with Crippen LogP contribution in [0.1, 0.15) is 33.1 Å². The van der Waals surface area contributed by atoms with Crippen LogP contribution < -0.4 is 0 Å². The predicted molar refractivity (Wildman–Crippen MR) is 58.3 cm³/mol. The Balaban J connectivity index is 3.74. The highest BCUT2D eigenvalue weighted by Crippen LogP contribution is 2.04. The number of nitrogens with zero attached hydrogens (tertiary/aromatic N) is 1. The fourth-order valence-electron chi connectivity index (χ4n) is 1.19. The van der Waals surface area contributed by atoms with Crippen LogP contribution in [0.25, 0.3) is 0 Å². The largest absolute Gasteiger partial charge is 0.469 e. The summed E-state index contributed by atoms with van der Waals surface area (Å²) in [5.74, 6) is -0.00424. The average Bonchev–Trinajstić information content (AvgIpc) is 2.16. The van der Waals surface area contributed by atoms with Gasteiger partial charge in [-0.1, -0.05) is 13.8 Å². The van der Waals surface area contributed by atoms with Gasteiger partial charge in [0.15, 0.2) is 0 Å². The van der Waals surface area contributed by atoms with Crippen molar-refractivity contribution >= 4 is 11.9 Å². The Kier molecular flexibility index (Phi) is 6.75. The summed E-state index contributed by atoms with van der Waals surface area (Å²) < 4.78 is 4.43. The summed E-state index contributed by atoms with van der Waals surface area (Å²) in [6, 6.07) is 0. The first kappa shape index (κ1) is 13.9. The summed E-state index contributed by atoms with van der Waals surface area (Å²) in [4.78, 5) is 23.8. The molecule has 0 atom stereocenters. The summed E-state index contributed by atoms with van der Waals surface area (Å²) >= 11 is 0. The number of hydrogen-bond acceptors (Lipinski definition) is 3. The van der Waals surface area contributed by atoms with Gasteiger partial charge in [0.05, 0.1) is 7.11 Å². The number of ether oxygens (including phenoxy) is 1. The maximum atomic E-state index is 11.4. The molecular formula is C11H21NO3. The summed E-state index contributed by atoms with van der Waals surface area (Å²) in [7, 11) is 3.00. The van der Waals surface area contributed by atoms with Crippen LogP contribution >= 0.6 is 0 Å². The third kappa shape index (κ3) is 6.94. The quantitative estimate of drug-likeness (QED) is 0.497. The smallest absolute Gasteiger partial charge is 0.315 e. The molecule has 0 spiro atoms. The van der Waals surface area contributed by atoms with E-state index in [2.05, 4.69) is 18.6 Å². The van der Waals surface area contributed by atoms with E-state index in [1.807, 2.05) is 0 Å². The molecule has 0 radical (unpaired) electrons.